The molecule has 0 aliphatic carbocycles. The zero-order valence-electron chi connectivity index (χ0n) is 23.1. The van der Waals surface area contributed by atoms with Crippen LogP contribution >= 0.6 is 63.7 Å². The topological polar surface area (TPSA) is 0 Å². The Balaban J connectivity index is 1.24. The lowest BCUT2D eigenvalue weighted by Gasteiger charge is -2.19. The van der Waals surface area contributed by atoms with Crippen LogP contribution in [0.2, 0.25) is 0 Å². The van der Waals surface area contributed by atoms with Crippen molar-refractivity contribution in [2.45, 2.75) is 11.8 Å². The smallest absolute Gasteiger partial charge is 0.0570 e. The molecule has 0 unspecified atom stereocenters. The number of hydrogen-bond donors (Lipinski definition) is 0. The second kappa shape index (κ2) is 13.8. The first kappa shape index (κ1) is 30.1. The molecule has 0 saturated heterocycles. The Hall–Kier alpha value is -2.89. The van der Waals surface area contributed by atoms with E-state index in [2.05, 4.69) is 216 Å². The number of hydrogen-bond acceptors (Lipinski definition) is 0. The molecule has 0 atom stereocenters. The second-order valence-corrected chi connectivity index (χ2v) is 14.2. The highest BCUT2D eigenvalue weighted by atomic mass is 79.9. The Morgan fingerprint density at radius 1 is 0.279 bits per heavy atom. The molecule has 0 aliphatic heterocycles. The summed E-state index contributed by atoms with van der Waals surface area (Å²) >= 11 is 14.3. The van der Waals surface area contributed by atoms with Crippen LogP contribution in [-0.2, 0) is 0 Å². The molecule has 6 rings (SSSR count). The van der Waals surface area contributed by atoms with Gasteiger partial charge in [0, 0.05) is 60.4 Å². The number of benzene rings is 6. The molecule has 43 heavy (non-hydrogen) atoms. The van der Waals surface area contributed by atoms with Gasteiger partial charge in [-0.3, -0.25) is 0 Å². The van der Waals surface area contributed by atoms with Crippen molar-refractivity contribution in [1.82, 2.24) is 0 Å². The molecule has 4 heteroatoms. The van der Waals surface area contributed by atoms with Gasteiger partial charge in [0.15, 0.2) is 0 Å². The Labute approximate surface area is 287 Å². The predicted molar refractivity (Wildman–Crippen MR) is 194 cm³/mol. The van der Waals surface area contributed by atoms with Crippen molar-refractivity contribution >= 4 is 63.7 Å². The minimum Gasteiger partial charge on any atom is -0.0570 e. The van der Waals surface area contributed by atoms with Gasteiger partial charge in [-0.25, -0.2) is 0 Å². The molecule has 0 heterocycles. The fourth-order valence-corrected chi connectivity index (χ4v) is 6.59. The molecule has 0 amide bonds. The van der Waals surface area contributed by atoms with Crippen molar-refractivity contribution in [1.29, 1.82) is 0 Å². The van der Waals surface area contributed by atoms with E-state index in [0.29, 0.717) is 0 Å². The lowest BCUT2D eigenvalue weighted by molar-refractivity contribution is 0.974. The molecule has 0 aromatic heterocycles. The highest BCUT2D eigenvalue weighted by molar-refractivity contribution is 9.11. The van der Waals surface area contributed by atoms with Crippen LogP contribution in [0.1, 0.15) is 56.3 Å². The van der Waals surface area contributed by atoms with E-state index in [4.69, 9.17) is 0 Å². The van der Waals surface area contributed by atoms with Crippen molar-refractivity contribution in [2.24, 2.45) is 0 Å². The quantitative estimate of drug-likeness (QED) is 0.106. The van der Waals surface area contributed by atoms with Crippen molar-refractivity contribution in [2.75, 3.05) is 0 Å². The SMILES string of the molecule is Brc1ccc(C(c2ccc(Br)cc2)c2ccc([CH+]c3ccc(C(c4ccc(Br)cc4)c4ccc(Br)cc4)cc3)cc2)cc1. The maximum absolute atomic E-state index is 3.58. The highest BCUT2D eigenvalue weighted by Crippen LogP contribution is 2.35. The molecule has 0 fully saturated rings. The van der Waals surface area contributed by atoms with E-state index >= 15 is 0 Å². The monoisotopic (exact) mass is 811 g/mol. The lowest BCUT2D eigenvalue weighted by atomic mass is 9.84. The Morgan fingerprint density at radius 2 is 0.465 bits per heavy atom. The van der Waals surface area contributed by atoms with E-state index in [1.165, 1.54) is 44.5 Å². The van der Waals surface area contributed by atoms with E-state index in [-0.39, 0.29) is 11.8 Å². The van der Waals surface area contributed by atoms with Crippen molar-refractivity contribution in [3.63, 3.8) is 0 Å². The third-order valence-electron chi connectivity index (χ3n) is 7.69. The first-order valence-corrected chi connectivity index (χ1v) is 17.2. The van der Waals surface area contributed by atoms with Crippen LogP contribution in [0.5, 0.6) is 0 Å². The molecule has 0 radical (unpaired) electrons. The summed E-state index contributed by atoms with van der Waals surface area (Å²) in [6.45, 7) is 0. The third kappa shape index (κ3) is 7.44. The van der Waals surface area contributed by atoms with Gasteiger partial charge in [0.2, 0.25) is 0 Å². The molecule has 0 nitrogen and oxygen atoms in total. The van der Waals surface area contributed by atoms with Crippen molar-refractivity contribution in [3.05, 3.63) is 214 Å². The van der Waals surface area contributed by atoms with Gasteiger partial charge < -0.3 is 0 Å². The molecule has 0 bridgehead atoms. The van der Waals surface area contributed by atoms with Gasteiger partial charge in [-0.15, -0.1) is 0 Å². The van der Waals surface area contributed by atoms with Crippen LogP contribution in [0.15, 0.2) is 163 Å². The number of rotatable bonds is 8. The normalized spacial score (nSPS) is 11.2. The van der Waals surface area contributed by atoms with E-state index in [1.54, 1.807) is 0 Å². The first-order valence-electron chi connectivity index (χ1n) is 14.0. The van der Waals surface area contributed by atoms with Gasteiger partial charge in [0.1, 0.15) is 0 Å². The van der Waals surface area contributed by atoms with Crippen LogP contribution in [0.3, 0.4) is 0 Å². The van der Waals surface area contributed by atoms with Gasteiger partial charge in [-0.05, 0) is 106 Å². The summed E-state index contributed by atoms with van der Waals surface area (Å²) in [4.78, 5) is 0. The minimum absolute atomic E-state index is 0.156. The molecule has 0 spiro atoms. The summed E-state index contributed by atoms with van der Waals surface area (Å²) in [5.74, 6) is 0.312. The number of halogens is 4. The summed E-state index contributed by atoms with van der Waals surface area (Å²) < 4.78 is 4.34. The molecule has 6 aromatic rings. The van der Waals surface area contributed by atoms with Gasteiger partial charge in [0.25, 0.3) is 0 Å². The van der Waals surface area contributed by atoms with Gasteiger partial charge in [-0.1, -0.05) is 112 Å². The Bertz CT molecular complexity index is 1540. The van der Waals surface area contributed by atoms with Gasteiger partial charge in [0.05, 0.1) is 11.1 Å². The summed E-state index contributed by atoms with van der Waals surface area (Å²) in [6, 6.07) is 52.5. The van der Waals surface area contributed by atoms with Gasteiger partial charge in [-0.2, -0.15) is 0 Å². The average molecular weight is 815 g/mol. The predicted octanol–water partition coefficient (Wildman–Crippen LogP) is 12.7. The van der Waals surface area contributed by atoms with E-state index in [1.807, 2.05) is 0 Å². The van der Waals surface area contributed by atoms with Crippen LogP contribution in [0, 0.1) is 6.42 Å². The van der Waals surface area contributed by atoms with Crippen LogP contribution in [-0.4, -0.2) is 0 Å². The van der Waals surface area contributed by atoms with Crippen molar-refractivity contribution < 1.29 is 0 Å². The summed E-state index contributed by atoms with van der Waals surface area (Å²) in [7, 11) is 0. The molecule has 6 aromatic carbocycles. The fraction of sp³-hybridized carbons (Fsp3) is 0.0513. The maximum atomic E-state index is 3.58. The summed E-state index contributed by atoms with van der Waals surface area (Å²) in [6.07, 6.45) is 2.25. The molecular formula is C39H27Br4+. The average Bonchev–Trinajstić information content (AvgIpc) is 3.03. The van der Waals surface area contributed by atoms with E-state index in [9.17, 15) is 0 Å². The Morgan fingerprint density at radius 3 is 0.674 bits per heavy atom. The van der Waals surface area contributed by atoms with Crippen LogP contribution in [0.4, 0.5) is 0 Å². The fourth-order valence-electron chi connectivity index (χ4n) is 5.54. The largest absolute Gasteiger partial charge is 0.0725 e. The summed E-state index contributed by atoms with van der Waals surface area (Å²) in [5.41, 5.74) is 9.96. The third-order valence-corrected chi connectivity index (χ3v) is 9.80. The van der Waals surface area contributed by atoms with Crippen LogP contribution < -0.4 is 0 Å². The molecule has 0 aliphatic rings. The lowest BCUT2D eigenvalue weighted by Crippen LogP contribution is -2.04. The van der Waals surface area contributed by atoms with E-state index < -0.39 is 0 Å². The maximum Gasteiger partial charge on any atom is 0.0725 e. The zero-order chi connectivity index (χ0) is 29.8. The minimum atomic E-state index is 0.156. The van der Waals surface area contributed by atoms with Crippen molar-refractivity contribution in [3.8, 4) is 0 Å². The molecule has 210 valence electrons. The molecule has 0 N–H and O–H groups in total. The van der Waals surface area contributed by atoms with Crippen LogP contribution in [0.25, 0.3) is 0 Å². The second-order valence-electron chi connectivity index (χ2n) is 10.5. The molecular weight excluding hydrogens is 788 g/mol. The highest BCUT2D eigenvalue weighted by Gasteiger charge is 2.20. The zero-order valence-corrected chi connectivity index (χ0v) is 29.4. The Kier molecular flexibility index (Phi) is 9.69. The molecule has 0 saturated carbocycles. The van der Waals surface area contributed by atoms with Gasteiger partial charge >= 0.3 is 0 Å². The first-order chi connectivity index (χ1) is 20.9. The standard InChI is InChI=1S/C39H27Br4/c40-34-17-9-30(10-18-34)38(31-11-19-35(41)20-12-31)28-5-1-26(2-6-28)25-27-3-7-29(8-4-27)39(32-13-21-36(42)22-14-32)33-15-23-37(43)24-16-33/h1-25,38-39H/q+1. The van der Waals surface area contributed by atoms with E-state index in [0.717, 1.165) is 17.9 Å². The summed E-state index contributed by atoms with van der Waals surface area (Å²) in [5, 5.41) is 0.